The van der Waals surface area contributed by atoms with Crippen molar-refractivity contribution in [3.05, 3.63) is 84.2 Å². The Morgan fingerprint density at radius 3 is 2.36 bits per heavy atom. The van der Waals surface area contributed by atoms with Crippen LogP contribution in [0.2, 0.25) is 0 Å². The summed E-state index contributed by atoms with van der Waals surface area (Å²) >= 11 is 1.58. The van der Waals surface area contributed by atoms with Crippen LogP contribution in [0.5, 0.6) is 11.5 Å². The van der Waals surface area contributed by atoms with Crippen LogP contribution in [-0.4, -0.2) is 57.8 Å². The number of aliphatic imine (C=N–C) groups is 1. The predicted octanol–water partition coefficient (Wildman–Crippen LogP) is 8.17. The van der Waals surface area contributed by atoms with E-state index in [1.807, 2.05) is 56.3 Å². The van der Waals surface area contributed by atoms with Gasteiger partial charge in [-0.05, 0) is 72.9 Å². The first kappa shape index (κ1) is 33.8. The summed E-state index contributed by atoms with van der Waals surface area (Å²) in [6, 6.07) is 18.6. The number of hydrogen-bond donors (Lipinski definition) is 1. The molecule has 2 amide bonds. The van der Waals surface area contributed by atoms with Gasteiger partial charge >= 0.3 is 12.4 Å². The molecule has 5 rings (SSSR count). The molecule has 0 aliphatic carbocycles. The molecule has 3 aromatic carbocycles. The number of methoxy groups -OCH3 is 1. The van der Waals surface area contributed by atoms with Crippen molar-refractivity contribution < 1.29 is 27.4 Å². The Balaban J connectivity index is 1.23. The zero-order chi connectivity index (χ0) is 33.7. The Bertz CT molecular complexity index is 1710. The van der Waals surface area contributed by atoms with E-state index in [2.05, 4.69) is 43.9 Å². The molecule has 0 spiro atoms. The lowest BCUT2D eigenvalue weighted by atomic mass is 9.93. The third-order valence-corrected chi connectivity index (χ3v) is 9.02. The minimum absolute atomic E-state index is 0.0135. The fourth-order valence-electron chi connectivity index (χ4n) is 5.23. The van der Waals surface area contributed by atoms with Gasteiger partial charge in [-0.15, -0.1) is 18.3 Å². The molecular weight excluding hydrogens is 629 g/mol. The Kier molecular flexibility index (Phi) is 10.4. The second-order valence-corrected chi connectivity index (χ2v) is 12.6. The lowest BCUT2D eigenvalue weighted by molar-refractivity contribution is -0.274. The number of alkyl halides is 3. The Morgan fingerprint density at radius 2 is 1.70 bits per heavy atom. The van der Waals surface area contributed by atoms with E-state index in [4.69, 9.17) is 4.74 Å². The summed E-state index contributed by atoms with van der Waals surface area (Å²) < 4.78 is 48.2. The van der Waals surface area contributed by atoms with Gasteiger partial charge in [0.1, 0.15) is 17.8 Å². The lowest BCUT2D eigenvalue weighted by Crippen LogP contribution is -2.39. The smallest absolute Gasteiger partial charge is 0.497 e. The fraction of sp³-hybridized carbons (Fsp3) is 0.353. The van der Waals surface area contributed by atoms with Gasteiger partial charge in [0.2, 0.25) is 0 Å². The first-order valence-corrected chi connectivity index (χ1v) is 16.3. The van der Waals surface area contributed by atoms with E-state index < -0.39 is 6.36 Å². The van der Waals surface area contributed by atoms with Crippen molar-refractivity contribution in [2.45, 2.75) is 58.4 Å². The minimum Gasteiger partial charge on any atom is -0.497 e. The number of urea groups is 1. The van der Waals surface area contributed by atoms with Crippen molar-refractivity contribution in [2.75, 3.05) is 24.3 Å². The van der Waals surface area contributed by atoms with Crippen LogP contribution in [-0.2, 0) is 0 Å². The molecule has 4 aromatic rings. The standard InChI is InChI=1S/C34H37F3N6O3S/c1-21(2)29-19-28(45-5)15-16-30(29)42-17-6-18-47-33(42)40-32(44)39-23(4)22(3)24-7-9-25(10-8-24)31-38-20-43(41-31)26-11-13-27(14-12-26)46-34(35,36)37/h7-16,19-23H,6,17-18H2,1-5H3,(H,39,44)/b40-33-. The van der Waals surface area contributed by atoms with Crippen LogP contribution in [0.1, 0.15) is 57.1 Å². The highest BCUT2D eigenvalue weighted by molar-refractivity contribution is 8.14. The summed E-state index contributed by atoms with van der Waals surface area (Å²) in [7, 11) is 1.66. The summed E-state index contributed by atoms with van der Waals surface area (Å²) in [6.07, 6.45) is -2.27. The molecule has 47 heavy (non-hydrogen) atoms. The van der Waals surface area contributed by atoms with Gasteiger partial charge in [0, 0.05) is 35.5 Å². The number of carbonyl (C=O) groups excluding carboxylic acids is 1. The number of benzene rings is 3. The number of ether oxygens (including phenoxy) is 2. The largest absolute Gasteiger partial charge is 0.573 e. The highest BCUT2D eigenvalue weighted by atomic mass is 32.2. The van der Waals surface area contributed by atoms with Crippen LogP contribution < -0.4 is 19.7 Å². The average Bonchev–Trinajstić information content (AvgIpc) is 3.54. The molecule has 13 heteroatoms. The van der Waals surface area contributed by atoms with Crippen LogP contribution in [0.15, 0.2) is 78.0 Å². The zero-order valence-electron chi connectivity index (χ0n) is 26.8. The number of nitrogens with zero attached hydrogens (tertiary/aromatic N) is 5. The highest BCUT2D eigenvalue weighted by Crippen LogP contribution is 2.35. The molecule has 2 atom stereocenters. The second kappa shape index (κ2) is 14.5. The molecule has 1 aliphatic rings. The van der Waals surface area contributed by atoms with Crippen molar-refractivity contribution in [1.82, 2.24) is 20.1 Å². The van der Waals surface area contributed by atoms with Crippen molar-refractivity contribution in [2.24, 2.45) is 4.99 Å². The number of anilines is 1. The second-order valence-electron chi connectivity index (χ2n) is 11.5. The summed E-state index contributed by atoms with van der Waals surface area (Å²) in [5, 5.41) is 8.20. The van der Waals surface area contributed by atoms with Gasteiger partial charge in [0.05, 0.1) is 12.8 Å². The zero-order valence-corrected chi connectivity index (χ0v) is 27.6. The van der Waals surface area contributed by atoms with E-state index in [1.165, 1.54) is 35.3 Å². The van der Waals surface area contributed by atoms with Gasteiger partial charge in [-0.1, -0.05) is 56.8 Å². The number of carbonyl (C=O) groups is 1. The molecule has 1 N–H and O–H groups in total. The number of hydrogen-bond acceptors (Lipinski definition) is 6. The minimum atomic E-state index is -4.75. The number of halogens is 3. The maximum atomic E-state index is 13.2. The van der Waals surface area contributed by atoms with Crippen LogP contribution in [0.25, 0.3) is 17.1 Å². The number of amidine groups is 1. The number of amides is 2. The van der Waals surface area contributed by atoms with Crippen molar-refractivity contribution in [3.8, 4) is 28.6 Å². The van der Waals surface area contributed by atoms with Crippen molar-refractivity contribution in [3.63, 3.8) is 0 Å². The monoisotopic (exact) mass is 666 g/mol. The average molecular weight is 667 g/mol. The first-order valence-electron chi connectivity index (χ1n) is 15.3. The van der Waals surface area contributed by atoms with Gasteiger partial charge in [0.25, 0.3) is 0 Å². The molecule has 0 bridgehead atoms. The maximum Gasteiger partial charge on any atom is 0.573 e. The van der Waals surface area contributed by atoms with Gasteiger partial charge in [-0.2, -0.15) is 4.99 Å². The quantitative estimate of drug-likeness (QED) is 0.193. The van der Waals surface area contributed by atoms with Gasteiger partial charge in [0.15, 0.2) is 11.0 Å². The van der Waals surface area contributed by atoms with Crippen molar-refractivity contribution >= 4 is 28.6 Å². The molecular formula is C34H37F3N6O3S. The predicted molar refractivity (Wildman–Crippen MR) is 179 cm³/mol. The van der Waals surface area contributed by atoms with Crippen LogP contribution in [0, 0.1) is 0 Å². The normalized spacial score (nSPS) is 15.9. The van der Waals surface area contributed by atoms with E-state index in [1.54, 1.807) is 18.9 Å². The van der Waals surface area contributed by atoms with E-state index in [9.17, 15) is 18.0 Å². The summed E-state index contributed by atoms with van der Waals surface area (Å²) in [6.45, 7) is 9.05. The first-order chi connectivity index (χ1) is 22.4. The molecule has 2 unspecified atom stereocenters. The van der Waals surface area contributed by atoms with E-state index in [0.717, 1.165) is 46.8 Å². The Morgan fingerprint density at radius 1 is 1.00 bits per heavy atom. The number of aromatic nitrogens is 3. The number of rotatable bonds is 9. The summed E-state index contributed by atoms with van der Waals surface area (Å²) in [5.74, 6) is 2.09. The third kappa shape index (κ3) is 8.45. The molecule has 1 aromatic heterocycles. The molecule has 9 nitrogen and oxygen atoms in total. The van der Waals surface area contributed by atoms with Crippen molar-refractivity contribution in [1.29, 1.82) is 0 Å². The molecule has 0 radical (unpaired) electrons. The van der Waals surface area contributed by atoms with Gasteiger partial charge in [-0.25, -0.2) is 14.5 Å². The highest BCUT2D eigenvalue weighted by Gasteiger charge is 2.31. The lowest BCUT2D eigenvalue weighted by Gasteiger charge is -2.32. The van der Waals surface area contributed by atoms with Crippen LogP contribution in [0.3, 0.4) is 0 Å². The molecule has 2 heterocycles. The Labute approximate surface area is 276 Å². The SMILES string of the molecule is COc1ccc(N2CCCS/C2=N\C(=O)NC(C)C(C)c2ccc(-c3ncn(-c4ccc(OC(F)(F)F)cc4)n3)cc2)c(C(C)C)c1. The van der Waals surface area contributed by atoms with Gasteiger partial charge in [-0.3, -0.25) is 0 Å². The van der Waals surface area contributed by atoms with E-state index in [-0.39, 0.29) is 29.7 Å². The Hall–Kier alpha value is -4.52. The molecule has 0 saturated carbocycles. The summed E-state index contributed by atoms with van der Waals surface area (Å²) in [5.41, 5.74) is 4.50. The number of nitrogens with one attached hydrogen (secondary N) is 1. The molecule has 1 aliphatic heterocycles. The van der Waals surface area contributed by atoms with E-state index in [0.29, 0.717) is 16.7 Å². The topological polar surface area (TPSA) is 93.9 Å². The molecule has 1 fully saturated rings. The summed E-state index contributed by atoms with van der Waals surface area (Å²) in [4.78, 5) is 24.1. The fourth-order valence-corrected chi connectivity index (χ4v) is 6.18. The van der Waals surface area contributed by atoms with Gasteiger partial charge < -0.3 is 19.7 Å². The molecule has 1 saturated heterocycles. The van der Waals surface area contributed by atoms with E-state index >= 15 is 0 Å². The third-order valence-electron chi connectivity index (χ3n) is 7.96. The number of thioether (sulfide) groups is 1. The van der Waals surface area contributed by atoms with Crippen LogP contribution >= 0.6 is 11.8 Å². The maximum absolute atomic E-state index is 13.2. The molecule has 248 valence electrons. The van der Waals surface area contributed by atoms with Crippen LogP contribution in [0.4, 0.5) is 23.7 Å².